The van der Waals surface area contributed by atoms with E-state index in [1.54, 1.807) is 11.3 Å². The van der Waals surface area contributed by atoms with Crippen LogP contribution < -0.4 is 5.32 Å². The fourth-order valence-electron chi connectivity index (χ4n) is 1.78. The van der Waals surface area contributed by atoms with Gasteiger partial charge in [0, 0.05) is 11.4 Å². The number of ether oxygens (including phenoxy) is 1. The lowest BCUT2D eigenvalue weighted by Crippen LogP contribution is -2.24. The fourth-order valence-corrected chi connectivity index (χ4v) is 2.64. The summed E-state index contributed by atoms with van der Waals surface area (Å²) in [6.45, 7) is 4.91. The van der Waals surface area contributed by atoms with Crippen LogP contribution in [0.2, 0.25) is 0 Å². The molecule has 0 atom stereocenters. The first-order valence-corrected chi connectivity index (χ1v) is 8.02. The zero-order valence-corrected chi connectivity index (χ0v) is 13.7. The van der Waals surface area contributed by atoms with Gasteiger partial charge in [-0.25, -0.2) is 9.78 Å². The number of hydrogen-bond donors (Lipinski definition) is 1. The highest BCUT2D eigenvalue weighted by molar-refractivity contribution is 7.12. The summed E-state index contributed by atoms with van der Waals surface area (Å²) in [6, 6.07) is 9.62. The quantitative estimate of drug-likeness (QED) is 0.817. The zero-order chi connectivity index (χ0) is 15.8. The third-order valence-corrected chi connectivity index (χ3v) is 4.14. The largest absolute Gasteiger partial charge is 0.445 e. The number of rotatable bonds is 6. The number of hydrogen-bond acceptors (Lipinski definition) is 4. The van der Waals surface area contributed by atoms with Crippen molar-refractivity contribution < 1.29 is 9.53 Å². The van der Waals surface area contributed by atoms with Crippen LogP contribution in [0.4, 0.5) is 4.79 Å². The number of nitrogens with one attached hydrogen (secondary N) is 1. The maximum absolute atomic E-state index is 11.5. The lowest BCUT2D eigenvalue weighted by Gasteiger charge is -2.05. The second-order valence-corrected chi connectivity index (χ2v) is 6.11. The van der Waals surface area contributed by atoms with Crippen molar-refractivity contribution in [3.05, 3.63) is 57.6 Å². The van der Waals surface area contributed by atoms with Crippen molar-refractivity contribution in [3.63, 3.8) is 0 Å². The van der Waals surface area contributed by atoms with Gasteiger partial charge in [0.15, 0.2) is 0 Å². The van der Waals surface area contributed by atoms with Crippen LogP contribution in [0.1, 0.15) is 27.6 Å². The minimum atomic E-state index is -0.391. The first-order chi connectivity index (χ1) is 10.6. The van der Waals surface area contributed by atoms with Crippen LogP contribution in [0.3, 0.4) is 0 Å². The monoisotopic (exact) mass is 316 g/mol. The summed E-state index contributed by atoms with van der Waals surface area (Å²) in [7, 11) is 0. The molecule has 1 heterocycles. The molecule has 0 aliphatic heterocycles. The van der Waals surface area contributed by atoms with Crippen LogP contribution in [0.15, 0.2) is 36.4 Å². The molecular formula is C17H20N2O2S. The normalized spacial score (nSPS) is 10.8. The average Bonchev–Trinajstić information content (AvgIpc) is 2.84. The van der Waals surface area contributed by atoms with Gasteiger partial charge in [-0.15, -0.1) is 11.3 Å². The Kier molecular flexibility index (Phi) is 6.15. The molecule has 0 radical (unpaired) electrons. The summed E-state index contributed by atoms with van der Waals surface area (Å²) in [4.78, 5) is 17.2. The van der Waals surface area contributed by atoms with Gasteiger partial charge in [0.05, 0.1) is 5.69 Å². The maximum atomic E-state index is 11.5. The number of carbonyl (C=O) groups is 1. The number of thiazole rings is 1. The minimum Gasteiger partial charge on any atom is -0.445 e. The van der Waals surface area contributed by atoms with Crippen molar-refractivity contribution in [1.29, 1.82) is 0 Å². The summed E-state index contributed by atoms with van der Waals surface area (Å²) in [6.07, 6.45) is 4.35. The molecular weight excluding hydrogens is 296 g/mol. The van der Waals surface area contributed by atoms with Crippen LogP contribution in [0.5, 0.6) is 0 Å². The lowest BCUT2D eigenvalue weighted by molar-refractivity contribution is 0.140. The molecule has 1 aromatic heterocycles. The molecule has 0 bridgehead atoms. The van der Waals surface area contributed by atoms with E-state index in [0.29, 0.717) is 13.2 Å². The highest BCUT2D eigenvalue weighted by Crippen LogP contribution is 2.17. The predicted molar refractivity (Wildman–Crippen MR) is 89.9 cm³/mol. The van der Waals surface area contributed by atoms with Crippen molar-refractivity contribution in [2.24, 2.45) is 0 Å². The molecule has 1 aromatic carbocycles. The smallest absolute Gasteiger partial charge is 0.407 e. The number of aromatic nitrogens is 1. The van der Waals surface area contributed by atoms with Gasteiger partial charge >= 0.3 is 6.09 Å². The van der Waals surface area contributed by atoms with E-state index in [9.17, 15) is 4.79 Å². The van der Waals surface area contributed by atoms with Crippen LogP contribution in [-0.2, 0) is 11.3 Å². The number of amides is 1. The van der Waals surface area contributed by atoms with Gasteiger partial charge in [0.2, 0.25) is 0 Å². The maximum Gasteiger partial charge on any atom is 0.407 e. The number of carbonyl (C=O) groups excluding carboxylic acids is 1. The van der Waals surface area contributed by atoms with E-state index in [1.165, 1.54) is 4.88 Å². The Morgan fingerprint density at radius 1 is 1.32 bits per heavy atom. The Bertz CT molecular complexity index is 616. The predicted octanol–water partition coefficient (Wildman–Crippen LogP) is 4.09. The molecule has 0 saturated heterocycles. The van der Waals surface area contributed by atoms with Crippen molar-refractivity contribution in [1.82, 2.24) is 10.3 Å². The van der Waals surface area contributed by atoms with E-state index in [1.807, 2.05) is 49.4 Å². The van der Waals surface area contributed by atoms with Crippen LogP contribution in [0, 0.1) is 13.8 Å². The summed E-state index contributed by atoms with van der Waals surface area (Å²) in [5, 5.41) is 3.73. The Morgan fingerprint density at radius 2 is 2.09 bits per heavy atom. The van der Waals surface area contributed by atoms with E-state index in [4.69, 9.17) is 4.74 Å². The van der Waals surface area contributed by atoms with Crippen LogP contribution in [-0.4, -0.2) is 17.6 Å². The van der Waals surface area contributed by atoms with E-state index in [0.717, 1.165) is 22.7 Å². The molecule has 4 nitrogen and oxygen atoms in total. The average molecular weight is 316 g/mol. The Hall–Kier alpha value is -2.14. The van der Waals surface area contributed by atoms with Gasteiger partial charge in [-0.1, -0.05) is 36.4 Å². The van der Waals surface area contributed by atoms with E-state index < -0.39 is 6.09 Å². The Balaban J connectivity index is 1.63. The number of benzene rings is 1. The van der Waals surface area contributed by atoms with Crippen molar-refractivity contribution in [2.75, 3.05) is 6.54 Å². The third kappa shape index (κ3) is 5.33. The number of alkyl carbamates (subject to hydrolysis) is 1. The second-order valence-electron chi connectivity index (χ2n) is 4.87. The molecule has 0 fully saturated rings. The molecule has 0 spiro atoms. The van der Waals surface area contributed by atoms with Gasteiger partial charge in [0.1, 0.15) is 11.6 Å². The van der Waals surface area contributed by atoms with Crippen LogP contribution >= 0.6 is 11.3 Å². The van der Waals surface area contributed by atoms with E-state index in [-0.39, 0.29) is 0 Å². The molecule has 0 aliphatic rings. The van der Waals surface area contributed by atoms with E-state index >= 15 is 0 Å². The van der Waals surface area contributed by atoms with Gasteiger partial charge < -0.3 is 10.1 Å². The van der Waals surface area contributed by atoms with Gasteiger partial charge in [-0.3, -0.25) is 0 Å². The summed E-state index contributed by atoms with van der Waals surface area (Å²) in [5.74, 6) is 0. The summed E-state index contributed by atoms with van der Waals surface area (Å²) >= 11 is 1.67. The Morgan fingerprint density at radius 3 is 2.77 bits per heavy atom. The summed E-state index contributed by atoms with van der Waals surface area (Å²) < 4.78 is 5.13. The molecule has 0 unspecified atom stereocenters. The van der Waals surface area contributed by atoms with E-state index in [2.05, 4.69) is 17.2 Å². The molecule has 2 rings (SSSR count). The fraction of sp³-hybridized carbons (Fsp3) is 0.294. The molecule has 22 heavy (non-hydrogen) atoms. The van der Waals surface area contributed by atoms with Crippen LogP contribution in [0.25, 0.3) is 6.08 Å². The Labute approximate surface area is 134 Å². The standard InChI is InChI=1S/C17H20N2O2S/c1-13-14(2)22-16(19-13)10-6-7-11-18-17(20)21-12-15-8-4-3-5-9-15/h3-6,8-10H,7,11-12H2,1-2H3,(H,18,20). The van der Waals surface area contributed by atoms with Crippen molar-refractivity contribution >= 4 is 23.5 Å². The zero-order valence-electron chi connectivity index (χ0n) is 12.8. The molecule has 0 saturated carbocycles. The topological polar surface area (TPSA) is 51.2 Å². The summed E-state index contributed by atoms with van der Waals surface area (Å²) in [5.41, 5.74) is 2.05. The van der Waals surface area contributed by atoms with Gasteiger partial charge in [-0.2, -0.15) is 0 Å². The number of nitrogens with zero attached hydrogens (tertiary/aromatic N) is 1. The molecule has 2 aromatic rings. The lowest BCUT2D eigenvalue weighted by atomic mass is 10.2. The molecule has 116 valence electrons. The molecule has 5 heteroatoms. The first kappa shape index (κ1) is 16.2. The highest BCUT2D eigenvalue weighted by atomic mass is 32.1. The third-order valence-electron chi connectivity index (χ3n) is 3.10. The number of aryl methyl sites for hydroxylation is 2. The minimum absolute atomic E-state index is 0.292. The second kappa shape index (κ2) is 8.34. The molecule has 0 aliphatic carbocycles. The first-order valence-electron chi connectivity index (χ1n) is 7.20. The van der Waals surface area contributed by atoms with Crippen molar-refractivity contribution in [3.8, 4) is 0 Å². The SMILES string of the molecule is Cc1nc(C=CCCNC(=O)OCc2ccccc2)sc1C. The molecule has 1 N–H and O–H groups in total. The van der Waals surface area contributed by atoms with Gasteiger partial charge in [0.25, 0.3) is 0 Å². The highest BCUT2D eigenvalue weighted by Gasteiger charge is 2.01. The van der Waals surface area contributed by atoms with Crippen molar-refractivity contribution in [2.45, 2.75) is 26.9 Å². The van der Waals surface area contributed by atoms with Gasteiger partial charge in [-0.05, 0) is 31.9 Å². The molecule has 1 amide bonds.